The Morgan fingerprint density at radius 3 is 2.65 bits per heavy atom. The summed E-state index contributed by atoms with van der Waals surface area (Å²) in [6.45, 7) is 2.38. The fraction of sp³-hybridized carbons (Fsp3) is 0.500. The van der Waals surface area contributed by atoms with Gasteiger partial charge in [-0.25, -0.2) is 4.79 Å². The third kappa shape index (κ3) is 3.54. The highest BCUT2D eigenvalue weighted by Crippen LogP contribution is 2.24. The van der Waals surface area contributed by atoms with Crippen LogP contribution in [-0.4, -0.2) is 51.5 Å². The van der Waals surface area contributed by atoms with Crippen LogP contribution >= 0.6 is 0 Å². The minimum Gasteiger partial charge on any atom is -0.497 e. The average Bonchev–Trinajstić information content (AvgIpc) is 2.53. The largest absolute Gasteiger partial charge is 0.497 e. The highest BCUT2D eigenvalue weighted by atomic mass is 16.6. The van der Waals surface area contributed by atoms with Gasteiger partial charge in [-0.2, -0.15) is 0 Å². The number of rotatable bonds is 4. The van der Waals surface area contributed by atoms with E-state index in [1.807, 2.05) is 0 Å². The maximum atomic E-state index is 11.9. The predicted octanol–water partition coefficient (Wildman–Crippen LogP) is 1.67. The molecule has 2 rings (SSSR count). The Morgan fingerprint density at radius 1 is 1.25 bits per heavy atom. The van der Waals surface area contributed by atoms with Crippen molar-refractivity contribution in [3.05, 3.63) is 23.8 Å². The molecule has 110 valence electrons. The number of amides is 1. The fourth-order valence-corrected chi connectivity index (χ4v) is 1.97. The van der Waals surface area contributed by atoms with Crippen LogP contribution in [0.1, 0.15) is 5.56 Å². The molecule has 0 aliphatic carbocycles. The zero-order valence-electron chi connectivity index (χ0n) is 11.8. The molecule has 0 aromatic heterocycles. The first-order valence-electron chi connectivity index (χ1n) is 6.45. The molecule has 1 amide bonds. The molecule has 1 aliphatic heterocycles. The molecule has 0 saturated carbocycles. The lowest BCUT2D eigenvalue weighted by Gasteiger charge is -2.26. The number of benzene rings is 1. The van der Waals surface area contributed by atoms with Crippen molar-refractivity contribution in [1.82, 2.24) is 4.90 Å². The minimum absolute atomic E-state index is 0.149. The van der Waals surface area contributed by atoms with Crippen LogP contribution in [0.15, 0.2) is 18.2 Å². The fourth-order valence-electron chi connectivity index (χ4n) is 1.97. The second kappa shape index (κ2) is 7.00. The third-order valence-electron chi connectivity index (χ3n) is 3.11. The number of carbonyl (C=O) groups is 1. The van der Waals surface area contributed by atoms with Crippen LogP contribution in [0, 0.1) is 0 Å². The van der Waals surface area contributed by atoms with Gasteiger partial charge in [-0.15, -0.1) is 0 Å². The summed E-state index contributed by atoms with van der Waals surface area (Å²) >= 11 is 0. The van der Waals surface area contributed by atoms with Crippen molar-refractivity contribution in [2.45, 2.75) is 6.61 Å². The highest BCUT2D eigenvalue weighted by molar-refractivity contribution is 5.67. The maximum absolute atomic E-state index is 11.9. The quantitative estimate of drug-likeness (QED) is 0.840. The standard InChI is InChI=1S/C14H19NO5/c1-17-12-3-4-13(18-2)11(9-12)10-20-14(16)15-5-7-19-8-6-15/h3-4,9H,5-8,10H2,1-2H3. The van der Waals surface area contributed by atoms with E-state index in [-0.39, 0.29) is 12.7 Å². The summed E-state index contributed by atoms with van der Waals surface area (Å²) in [5.41, 5.74) is 0.772. The number of ether oxygens (including phenoxy) is 4. The minimum atomic E-state index is -0.335. The monoisotopic (exact) mass is 281 g/mol. The van der Waals surface area contributed by atoms with Gasteiger partial charge in [-0.1, -0.05) is 0 Å². The normalized spacial score (nSPS) is 14.8. The first-order chi connectivity index (χ1) is 9.74. The van der Waals surface area contributed by atoms with Gasteiger partial charge in [0.05, 0.1) is 27.4 Å². The summed E-state index contributed by atoms with van der Waals surface area (Å²) in [6.07, 6.45) is -0.335. The summed E-state index contributed by atoms with van der Waals surface area (Å²) < 4.78 is 20.9. The van der Waals surface area contributed by atoms with E-state index in [2.05, 4.69) is 0 Å². The molecule has 0 unspecified atom stereocenters. The van der Waals surface area contributed by atoms with Crippen LogP contribution in [-0.2, 0) is 16.1 Å². The number of morpholine rings is 1. The summed E-state index contributed by atoms with van der Waals surface area (Å²) in [4.78, 5) is 13.5. The van der Waals surface area contributed by atoms with Gasteiger partial charge in [0.2, 0.25) is 0 Å². The van der Waals surface area contributed by atoms with Crippen LogP contribution in [0.2, 0.25) is 0 Å². The molecule has 1 aliphatic rings. The third-order valence-corrected chi connectivity index (χ3v) is 3.11. The molecule has 1 heterocycles. The maximum Gasteiger partial charge on any atom is 0.410 e. The molecule has 0 bridgehead atoms. The summed E-state index contributed by atoms with van der Waals surface area (Å²) in [5, 5.41) is 0. The molecule has 6 nitrogen and oxygen atoms in total. The van der Waals surface area contributed by atoms with Gasteiger partial charge in [-0.05, 0) is 18.2 Å². The van der Waals surface area contributed by atoms with Crippen LogP contribution < -0.4 is 9.47 Å². The second-order valence-corrected chi connectivity index (χ2v) is 4.33. The highest BCUT2D eigenvalue weighted by Gasteiger charge is 2.18. The first kappa shape index (κ1) is 14.5. The van der Waals surface area contributed by atoms with Crippen molar-refractivity contribution in [2.75, 3.05) is 40.5 Å². The topological polar surface area (TPSA) is 57.2 Å². The molecular weight excluding hydrogens is 262 g/mol. The zero-order valence-corrected chi connectivity index (χ0v) is 11.8. The van der Waals surface area contributed by atoms with Crippen molar-refractivity contribution < 1.29 is 23.7 Å². The Balaban J connectivity index is 1.96. The first-order valence-corrected chi connectivity index (χ1v) is 6.45. The van der Waals surface area contributed by atoms with Crippen molar-refractivity contribution >= 4 is 6.09 Å². The lowest BCUT2D eigenvalue weighted by molar-refractivity contribution is 0.0248. The molecule has 1 aromatic carbocycles. The number of hydrogen-bond acceptors (Lipinski definition) is 5. The van der Waals surface area contributed by atoms with Gasteiger partial charge in [0.15, 0.2) is 0 Å². The van der Waals surface area contributed by atoms with E-state index >= 15 is 0 Å². The van der Waals surface area contributed by atoms with E-state index in [0.717, 1.165) is 5.56 Å². The number of nitrogens with zero attached hydrogens (tertiary/aromatic N) is 1. The van der Waals surface area contributed by atoms with E-state index in [9.17, 15) is 4.79 Å². The van der Waals surface area contributed by atoms with Gasteiger partial charge in [0.25, 0.3) is 0 Å². The van der Waals surface area contributed by atoms with E-state index in [0.29, 0.717) is 37.8 Å². The average molecular weight is 281 g/mol. The van der Waals surface area contributed by atoms with Crippen molar-refractivity contribution in [1.29, 1.82) is 0 Å². The summed E-state index contributed by atoms with van der Waals surface area (Å²) in [6, 6.07) is 5.38. The molecule has 6 heteroatoms. The molecule has 1 fully saturated rings. The van der Waals surface area contributed by atoms with Crippen LogP contribution in [0.3, 0.4) is 0 Å². The van der Waals surface area contributed by atoms with Crippen LogP contribution in [0.25, 0.3) is 0 Å². The molecule has 1 saturated heterocycles. The Kier molecular flexibility index (Phi) is 5.06. The van der Waals surface area contributed by atoms with Gasteiger partial charge in [0.1, 0.15) is 18.1 Å². The van der Waals surface area contributed by atoms with E-state index < -0.39 is 0 Å². The Morgan fingerprint density at radius 2 is 2.00 bits per heavy atom. The number of carbonyl (C=O) groups excluding carboxylic acids is 1. The van der Waals surface area contributed by atoms with Gasteiger partial charge in [0, 0.05) is 18.7 Å². The van der Waals surface area contributed by atoms with Crippen molar-refractivity contribution in [3.8, 4) is 11.5 Å². The van der Waals surface area contributed by atoms with E-state index in [1.54, 1.807) is 37.3 Å². The summed E-state index contributed by atoms with van der Waals surface area (Å²) in [7, 11) is 3.17. The van der Waals surface area contributed by atoms with Gasteiger partial charge < -0.3 is 23.8 Å². The number of methoxy groups -OCH3 is 2. The molecule has 1 aromatic rings. The molecule has 0 N–H and O–H groups in total. The van der Waals surface area contributed by atoms with Crippen molar-refractivity contribution in [3.63, 3.8) is 0 Å². The molecule has 20 heavy (non-hydrogen) atoms. The molecule has 0 atom stereocenters. The van der Waals surface area contributed by atoms with E-state index in [1.165, 1.54) is 0 Å². The number of hydrogen-bond donors (Lipinski definition) is 0. The SMILES string of the molecule is COc1ccc(OC)c(COC(=O)N2CCOCC2)c1. The Bertz CT molecular complexity index is 457. The van der Waals surface area contributed by atoms with E-state index in [4.69, 9.17) is 18.9 Å². The Hall–Kier alpha value is -1.95. The molecule has 0 radical (unpaired) electrons. The Labute approximate surface area is 118 Å². The smallest absolute Gasteiger partial charge is 0.410 e. The summed E-state index contributed by atoms with van der Waals surface area (Å²) in [5.74, 6) is 1.36. The lowest BCUT2D eigenvalue weighted by Crippen LogP contribution is -2.40. The zero-order chi connectivity index (χ0) is 14.4. The van der Waals surface area contributed by atoms with Gasteiger partial charge >= 0.3 is 6.09 Å². The van der Waals surface area contributed by atoms with Crippen LogP contribution in [0.4, 0.5) is 4.79 Å². The van der Waals surface area contributed by atoms with Crippen LogP contribution in [0.5, 0.6) is 11.5 Å². The second-order valence-electron chi connectivity index (χ2n) is 4.33. The molecule has 0 spiro atoms. The van der Waals surface area contributed by atoms with Crippen molar-refractivity contribution in [2.24, 2.45) is 0 Å². The van der Waals surface area contributed by atoms with Gasteiger partial charge in [-0.3, -0.25) is 0 Å². The predicted molar refractivity (Wildman–Crippen MR) is 72.1 cm³/mol. The lowest BCUT2D eigenvalue weighted by atomic mass is 10.2. The molecular formula is C14H19NO5.